The highest BCUT2D eigenvalue weighted by molar-refractivity contribution is 14.1. The van der Waals surface area contributed by atoms with E-state index >= 15 is 0 Å². The summed E-state index contributed by atoms with van der Waals surface area (Å²) in [7, 11) is 0. The summed E-state index contributed by atoms with van der Waals surface area (Å²) < 4.78 is 7.85. The molecule has 0 heterocycles. The van der Waals surface area contributed by atoms with Crippen LogP contribution in [0.4, 0.5) is 0 Å². The van der Waals surface area contributed by atoms with E-state index in [9.17, 15) is 10.1 Å². The third-order valence-corrected chi connectivity index (χ3v) is 5.72. The highest BCUT2D eigenvalue weighted by Crippen LogP contribution is 2.31. The number of carboxylic acids is 1. The number of rotatable bonds is 6. The molecule has 6 heteroatoms. The molecular weight excluding hydrogens is 592 g/mol. The zero-order chi connectivity index (χ0) is 20.8. The van der Waals surface area contributed by atoms with E-state index in [2.05, 4.69) is 51.3 Å². The first kappa shape index (κ1) is 21.3. The van der Waals surface area contributed by atoms with Gasteiger partial charge in [-0.15, -0.1) is 0 Å². The number of allylic oxidation sites excluding steroid dienone is 1. The quantitative estimate of drug-likeness (QED) is 0.205. The average Bonchev–Trinajstić information content (AvgIpc) is 2.72. The van der Waals surface area contributed by atoms with Crippen molar-refractivity contribution in [2.45, 2.75) is 6.61 Å². The van der Waals surface area contributed by atoms with Gasteiger partial charge in [0.25, 0.3) is 0 Å². The molecule has 144 valence electrons. The number of carbonyl (C=O) groups is 1. The molecule has 0 saturated carbocycles. The van der Waals surface area contributed by atoms with E-state index in [1.54, 1.807) is 24.3 Å². The number of halogens is 2. The van der Waals surface area contributed by atoms with Crippen molar-refractivity contribution in [1.82, 2.24) is 0 Å². The molecule has 1 N–H and O–H groups in total. The number of ether oxygens (including phenoxy) is 1. The average molecular weight is 607 g/mol. The topological polar surface area (TPSA) is 70.3 Å². The molecule has 0 aliphatic heterocycles. The Labute approximate surface area is 196 Å². The maximum Gasteiger partial charge on any atom is 0.335 e. The van der Waals surface area contributed by atoms with Crippen molar-refractivity contribution < 1.29 is 14.6 Å². The lowest BCUT2D eigenvalue weighted by atomic mass is 10.0. The summed E-state index contributed by atoms with van der Waals surface area (Å²) in [5, 5.41) is 18.5. The van der Waals surface area contributed by atoms with Crippen LogP contribution < -0.4 is 4.74 Å². The highest BCUT2D eigenvalue weighted by Gasteiger charge is 2.10. The fraction of sp³-hybridized carbons (Fsp3) is 0.0435. The standard InChI is InChI=1S/C23H15I2NO3/c24-20-11-16(10-19(13-26)17-4-2-1-3-5-17)12-21(25)22(20)29-14-15-6-8-18(9-7-15)23(27)28/h1-12H,14H2,(H,27,28)/b19-10+. The van der Waals surface area contributed by atoms with Gasteiger partial charge in [0.2, 0.25) is 0 Å². The van der Waals surface area contributed by atoms with Crippen LogP contribution in [0.15, 0.2) is 66.7 Å². The van der Waals surface area contributed by atoms with E-state index in [1.807, 2.05) is 48.5 Å². The van der Waals surface area contributed by atoms with E-state index in [0.717, 1.165) is 29.6 Å². The molecule has 0 bridgehead atoms. The molecule has 0 atom stereocenters. The Balaban J connectivity index is 1.79. The second-order valence-corrected chi connectivity index (χ2v) is 8.46. The predicted octanol–water partition coefficient (Wildman–Crippen LogP) is 6.24. The first-order valence-corrected chi connectivity index (χ1v) is 10.7. The minimum Gasteiger partial charge on any atom is -0.487 e. The van der Waals surface area contributed by atoms with Crippen LogP contribution in [-0.2, 0) is 6.61 Å². The Kier molecular flexibility index (Phi) is 7.28. The van der Waals surface area contributed by atoms with Crippen molar-refractivity contribution in [2.24, 2.45) is 0 Å². The smallest absolute Gasteiger partial charge is 0.335 e. The number of nitriles is 1. The van der Waals surface area contributed by atoms with Gasteiger partial charge in [-0.1, -0.05) is 42.5 Å². The van der Waals surface area contributed by atoms with E-state index in [1.165, 1.54) is 0 Å². The van der Waals surface area contributed by atoms with Crippen molar-refractivity contribution in [1.29, 1.82) is 5.26 Å². The van der Waals surface area contributed by atoms with Gasteiger partial charge in [-0.2, -0.15) is 5.26 Å². The lowest BCUT2D eigenvalue weighted by molar-refractivity contribution is 0.0697. The first-order valence-electron chi connectivity index (χ1n) is 8.59. The first-order chi connectivity index (χ1) is 14.0. The van der Waals surface area contributed by atoms with Gasteiger partial charge >= 0.3 is 5.97 Å². The largest absolute Gasteiger partial charge is 0.487 e. The second kappa shape index (κ2) is 9.89. The van der Waals surface area contributed by atoms with Crippen molar-refractivity contribution in [3.05, 3.63) is 96.1 Å². The van der Waals surface area contributed by atoms with Crippen LogP contribution in [0.1, 0.15) is 27.0 Å². The van der Waals surface area contributed by atoms with E-state index in [4.69, 9.17) is 9.84 Å². The maximum atomic E-state index is 10.9. The molecule has 0 unspecified atom stereocenters. The van der Waals surface area contributed by atoms with Crippen molar-refractivity contribution in [3.63, 3.8) is 0 Å². The molecule has 3 rings (SSSR count). The molecule has 4 nitrogen and oxygen atoms in total. The molecule has 3 aromatic rings. The monoisotopic (exact) mass is 607 g/mol. The van der Waals surface area contributed by atoms with Gasteiger partial charge in [0.15, 0.2) is 0 Å². The van der Waals surface area contributed by atoms with Crippen LogP contribution in [-0.4, -0.2) is 11.1 Å². The summed E-state index contributed by atoms with van der Waals surface area (Å²) in [6.45, 7) is 0.342. The predicted molar refractivity (Wildman–Crippen MR) is 130 cm³/mol. The Hall–Kier alpha value is -2.38. The van der Waals surface area contributed by atoms with Crippen LogP contribution >= 0.6 is 45.2 Å². The highest BCUT2D eigenvalue weighted by atomic mass is 127. The molecular formula is C23H15I2NO3. The van der Waals surface area contributed by atoms with Crippen LogP contribution in [0.3, 0.4) is 0 Å². The molecule has 0 fully saturated rings. The van der Waals surface area contributed by atoms with Crippen molar-refractivity contribution in [3.8, 4) is 11.8 Å². The number of hydrogen-bond acceptors (Lipinski definition) is 3. The van der Waals surface area contributed by atoms with Crippen LogP contribution in [0.5, 0.6) is 5.75 Å². The summed E-state index contributed by atoms with van der Waals surface area (Å²) >= 11 is 4.44. The Morgan fingerprint density at radius 1 is 1.00 bits per heavy atom. The van der Waals surface area contributed by atoms with Gasteiger partial charge in [-0.25, -0.2) is 4.79 Å². The van der Waals surface area contributed by atoms with Gasteiger partial charge in [0.1, 0.15) is 12.4 Å². The number of carboxylic acid groups (broad SMARTS) is 1. The molecule has 0 aliphatic carbocycles. The third-order valence-electron chi connectivity index (χ3n) is 4.12. The fourth-order valence-corrected chi connectivity index (χ4v) is 4.79. The van der Waals surface area contributed by atoms with Gasteiger partial charge < -0.3 is 9.84 Å². The Morgan fingerprint density at radius 3 is 2.17 bits per heavy atom. The summed E-state index contributed by atoms with van der Waals surface area (Å²) in [5.74, 6) is -0.179. The summed E-state index contributed by atoms with van der Waals surface area (Å²) in [4.78, 5) is 10.9. The molecule has 0 aliphatic rings. The van der Waals surface area contributed by atoms with E-state index in [-0.39, 0.29) is 5.56 Å². The van der Waals surface area contributed by atoms with E-state index in [0.29, 0.717) is 12.2 Å². The number of aromatic carboxylic acids is 1. The summed E-state index contributed by atoms with van der Waals surface area (Å²) in [6.07, 6.45) is 1.87. The third kappa shape index (κ3) is 5.58. The second-order valence-electron chi connectivity index (χ2n) is 6.14. The molecule has 0 spiro atoms. The van der Waals surface area contributed by atoms with Crippen LogP contribution in [0.25, 0.3) is 11.6 Å². The van der Waals surface area contributed by atoms with Crippen LogP contribution in [0.2, 0.25) is 0 Å². The lowest BCUT2D eigenvalue weighted by Gasteiger charge is -2.12. The number of hydrogen-bond donors (Lipinski definition) is 1. The Morgan fingerprint density at radius 2 is 1.62 bits per heavy atom. The fourth-order valence-electron chi connectivity index (χ4n) is 2.66. The minimum absolute atomic E-state index is 0.251. The zero-order valence-corrected chi connectivity index (χ0v) is 19.4. The minimum atomic E-state index is -0.947. The number of nitrogens with zero attached hydrogens (tertiary/aromatic N) is 1. The molecule has 0 aromatic heterocycles. The molecule has 3 aromatic carbocycles. The maximum absolute atomic E-state index is 10.9. The lowest BCUT2D eigenvalue weighted by Crippen LogP contribution is -2.01. The van der Waals surface area contributed by atoms with Crippen LogP contribution in [0, 0.1) is 18.5 Å². The van der Waals surface area contributed by atoms with E-state index < -0.39 is 5.97 Å². The molecule has 0 saturated heterocycles. The van der Waals surface area contributed by atoms with Gasteiger partial charge in [-0.05, 0) is 92.2 Å². The van der Waals surface area contributed by atoms with Gasteiger partial charge in [0, 0.05) is 0 Å². The van der Waals surface area contributed by atoms with Gasteiger partial charge in [0.05, 0.1) is 24.3 Å². The molecule has 0 amide bonds. The summed E-state index contributed by atoms with van der Waals surface area (Å²) in [6, 6.07) is 22.4. The van der Waals surface area contributed by atoms with Gasteiger partial charge in [-0.3, -0.25) is 0 Å². The van der Waals surface area contributed by atoms with Crippen molar-refractivity contribution >= 4 is 62.8 Å². The SMILES string of the molecule is N#C/C(=C\c1cc(I)c(OCc2ccc(C(=O)O)cc2)c(I)c1)c1ccccc1. The van der Waals surface area contributed by atoms with Crippen molar-refractivity contribution in [2.75, 3.05) is 0 Å². The number of benzene rings is 3. The zero-order valence-electron chi connectivity index (χ0n) is 15.1. The normalized spacial score (nSPS) is 11.0. The molecule has 29 heavy (non-hydrogen) atoms. The molecule has 0 radical (unpaired) electrons. The Bertz CT molecular complexity index is 1080. The summed E-state index contributed by atoms with van der Waals surface area (Å²) in [5.41, 5.74) is 3.55.